The Kier molecular flexibility index (Phi) is 5.40. The summed E-state index contributed by atoms with van der Waals surface area (Å²) in [5, 5.41) is 3.98. The summed E-state index contributed by atoms with van der Waals surface area (Å²) in [5.41, 5.74) is 3.13. The van der Waals surface area contributed by atoms with E-state index in [0.717, 1.165) is 16.5 Å². The number of halogens is 1. The van der Waals surface area contributed by atoms with Crippen molar-refractivity contribution in [2.75, 3.05) is 0 Å². The van der Waals surface area contributed by atoms with Crippen molar-refractivity contribution in [1.82, 2.24) is 14.9 Å². The first kappa shape index (κ1) is 18.9. The lowest BCUT2D eigenvalue weighted by molar-refractivity contribution is 0.0952. The van der Waals surface area contributed by atoms with E-state index in [1.54, 1.807) is 29.0 Å². The molecule has 4 rings (SSSR count). The fraction of sp³-hybridized carbons (Fsp3) is 0.0870. The Morgan fingerprint density at radius 2 is 1.69 bits per heavy atom. The highest BCUT2D eigenvalue weighted by Crippen LogP contribution is 2.20. The number of carbonyl (C=O) groups is 1. The molecule has 2 aromatic carbocycles. The predicted molar refractivity (Wildman–Crippen MR) is 114 cm³/mol. The van der Waals surface area contributed by atoms with Crippen LogP contribution in [-0.4, -0.2) is 15.5 Å². The van der Waals surface area contributed by atoms with Gasteiger partial charge in [-0.1, -0.05) is 60.1 Å². The highest BCUT2D eigenvalue weighted by Gasteiger charge is 2.12. The van der Waals surface area contributed by atoms with Crippen molar-refractivity contribution in [3.63, 3.8) is 0 Å². The van der Waals surface area contributed by atoms with Gasteiger partial charge in [0.2, 0.25) is 0 Å². The molecule has 0 unspecified atom stereocenters. The van der Waals surface area contributed by atoms with Crippen LogP contribution in [0.25, 0.3) is 10.9 Å². The Morgan fingerprint density at radius 1 is 0.966 bits per heavy atom. The van der Waals surface area contributed by atoms with Crippen molar-refractivity contribution in [1.29, 1.82) is 0 Å². The first-order valence-electron chi connectivity index (χ1n) is 9.17. The number of pyridine rings is 2. The topological polar surface area (TPSA) is 64.0 Å². The van der Waals surface area contributed by atoms with Crippen LogP contribution in [0.2, 0.25) is 5.15 Å². The summed E-state index contributed by atoms with van der Waals surface area (Å²) in [5.74, 6) is -0.203. The smallest absolute Gasteiger partial charge is 0.252 e. The Labute approximate surface area is 172 Å². The lowest BCUT2D eigenvalue weighted by Gasteiger charge is -2.10. The molecule has 5 nitrogen and oxygen atoms in total. The standard InChI is InChI=1S/C23H18ClN3O2/c24-21-13-19(18-5-1-2-6-20(18)26-21)23(29)25-14-16-8-10-17(11-9-16)15-27-12-4-3-7-22(27)28/h1-13H,14-15H2,(H,25,29). The SMILES string of the molecule is O=C(NCc1ccc(Cn2ccccc2=O)cc1)c1cc(Cl)nc2ccccc12. The zero-order valence-electron chi connectivity index (χ0n) is 15.5. The summed E-state index contributed by atoms with van der Waals surface area (Å²) in [6.45, 7) is 0.895. The van der Waals surface area contributed by atoms with Gasteiger partial charge in [-0.3, -0.25) is 9.59 Å². The predicted octanol–water partition coefficient (Wildman–Crippen LogP) is 4.03. The molecule has 0 fully saturated rings. The van der Waals surface area contributed by atoms with Gasteiger partial charge in [0.25, 0.3) is 11.5 Å². The molecule has 0 atom stereocenters. The first-order chi connectivity index (χ1) is 14.1. The van der Waals surface area contributed by atoms with Gasteiger partial charge in [0.05, 0.1) is 17.6 Å². The maximum Gasteiger partial charge on any atom is 0.252 e. The lowest BCUT2D eigenvalue weighted by atomic mass is 10.1. The molecular formula is C23H18ClN3O2. The minimum absolute atomic E-state index is 0.0351. The molecule has 0 aliphatic rings. The summed E-state index contributed by atoms with van der Waals surface area (Å²) in [6, 6.07) is 21.9. The molecule has 4 aromatic rings. The van der Waals surface area contributed by atoms with E-state index in [4.69, 9.17) is 11.6 Å². The molecule has 1 amide bonds. The quantitative estimate of drug-likeness (QED) is 0.512. The molecule has 1 N–H and O–H groups in total. The first-order valence-corrected chi connectivity index (χ1v) is 9.55. The molecule has 0 aliphatic carbocycles. The zero-order valence-corrected chi connectivity index (χ0v) is 16.3. The van der Waals surface area contributed by atoms with Crippen LogP contribution >= 0.6 is 11.6 Å². The average molecular weight is 404 g/mol. The van der Waals surface area contributed by atoms with Crippen molar-refractivity contribution in [3.8, 4) is 0 Å². The largest absolute Gasteiger partial charge is 0.348 e. The molecule has 0 spiro atoms. The highest BCUT2D eigenvalue weighted by atomic mass is 35.5. The van der Waals surface area contributed by atoms with E-state index in [0.29, 0.717) is 24.2 Å². The second kappa shape index (κ2) is 8.29. The maximum absolute atomic E-state index is 12.7. The number of amides is 1. The molecule has 0 aliphatic heterocycles. The van der Waals surface area contributed by atoms with E-state index in [1.165, 1.54) is 0 Å². The minimum Gasteiger partial charge on any atom is -0.348 e. The van der Waals surface area contributed by atoms with E-state index in [-0.39, 0.29) is 16.6 Å². The van der Waals surface area contributed by atoms with E-state index < -0.39 is 0 Å². The van der Waals surface area contributed by atoms with Crippen molar-refractivity contribution >= 4 is 28.4 Å². The van der Waals surface area contributed by atoms with Gasteiger partial charge in [-0.15, -0.1) is 0 Å². The second-order valence-corrected chi connectivity index (χ2v) is 7.06. The molecule has 0 radical (unpaired) electrons. The van der Waals surface area contributed by atoms with Crippen LogP contribution < -0.4 is 10.9 Å². The number of aromatic nitrogens is 2. The summed E-state index contributed by atoms with van der Waals surface area (Å²) < 4.78 is 1.65. The molecule has 2 heterocycles. The third-order valence-electron chi connectivity index (χ3n) is 4.66. The molecule has 29 heavy (non-hydrogen) atoms. The fourth-order valence-electron chi connectivity index (χ4n) is 3.16. The summed E-state index contributed by atoms with van der Waals surface area (Å²) in [4.78, 5) is 28.8. The monoisotopic (exact) mass is 403 g/mol. The van der Waals surface area contributed by atoms with Crippen molar-refractivity contribution in [3.05, 3.63) is 111 Å². The van der Waals surface area contributed by atoms with Gasteiger partial charge in [-0.2, -0.15) is 0 Å². The van der Waals surface area contributed by atoms with Gasteiger partial charge in [0.15, 0.2) is 0 Å². The van der Waals surface area contributed by atoms with E-state index in [1.807, 2.05) is 54.6 Å². The Hall–Kier alpha value is -3.44. The number of nitrogens with one attached hydrogen (secondary N) is 1. The van der Waals surface area contributed by atoms with Crippen LogP contribution in [0.4, 0.5) is 0 Å². The van der Waals surface area contributed by atoms with Crippen molar-refractivity contribution in [2.24, 2.45) is 0 Å². The number of carbonyl (C=O) groups excluding carboxylic acids is 1. The van der Waals surface area contributed by atoms with Gasteiger partial charge in [0, 0.05) is 24.2 Å². The van der Waals surface area contributed by atoms with Gasteiger partial charge < -0.3 is 9.88 Å². The maximum atomic E-state index is 12.7. The molecule has 2 aromatic heterocycles. The van der Waals surface area contributed by atoms with Gasteiger partial charge in [-0.25, -0.2) is 4.98 Å². The molecule has 0 saturated heterocycles. The lowest BCUT2D eigenvalue weighted by Crippen LogP contribution is -2.23. The summed E-state index contributed by atoms with van der Waals surface area (Å²) >= 11 is 6.06. The van der Waals surface area contributed by atoms with E-state index in [2.05, 4.69) is 10.3 Å². The zero-order chi connectivity index (χ0) is 20.2. The molecular weight excluding hydrogens is 386 g/mol. The van der Waals surface area contributed by atoms with Crippen LogP contribution in [0.15, 0.2) is 83.8 Å². The summed E-state index contributed by atoms with van der Waals surface area (Å²) in [6.07, 6.45) is 1.76. The van der Waals surface area contributed by atoms with Crippen LogP contribution in [0.5, 0.6) is 0 Å². The second-order valence-electron chi connectivity index (χ2n) is 6.68. The number of hydrogen-bond donors (Lipinski definition) is 1. The third-order valence-corrected chi connectivity index (χ3v) is 4.85. The third kappa shape index (κ3) is 4.36. The number of hydrogen-bond acceptors (Lipinski definition) is 3. The van der Waals surface area contributed by atoms with Gasteiger partial charge >= 0.3 is 0 Å². The number of para-hydroxylation sites is 1. The molecule has 0 bridgehead atoms. The van der Waals surface area contributed by atoms with Crippen molar-refractivity contribution < 1.29 is 4.79 Å². The van der Waals surface area contributed by atoms with Gasteiger partial charge in [0.1, 0.15) is 5.15 Å². The Balaban J connectivity index is 1.45. The fourth-order valence-corrected chi connectivity index (χ4v) is 3.36. The minimum atomic E-state index is -0.203. The highest BCUT2D eigenvalue weighted by molar-refractivity contribution is 6.30. The normalized spacial score (nSPS) is 10.8. The number of fused-ring (bicyclic) bond motifs is 1. The van der Waals surface area contributed by atoms with E-state index in [9.17, 15) is 9.59 Å². The van der Waals surface area contributed by atoms with Crippen LogP contribution in [0, 0.1) is 0 Å². The molecule has 6 heteroatoms. The molecule has 144 valence electrons. The number of nitrogens with zero attached hydrogens (tertiary/aromatic N) is 2. The molecule has 0 saturated carbocycles. The number of benzene rings is 2. The van der Waals surface area contributed by atoms with Crippen LogP contribution in [0.1, 0.15) is 21.5 Å². The Morgan fingerprint density at radius 3 is 2.48 bits per heavy atom. The van der Waals surface area contributed by atoms with Crippen LogP contribution in [0.3, 0.4) is 0 Å². The van der Waals surface area contributed by atoms with Crippen molar-refractivity contribution in [2.45, 2.75) is 13.1 Å². The summed E-state index contributed by atoms with van der Waals surface area (Å²) in [7, 11) is 0. The number of rotatable bonds is 5. The Bertz CT molecular complexity index is 1230. The average Bonchev–Trinajstić information content (AvgIpc) is 2.74. The van der Waals surface area contributed by atoms with Gasteiger partial charge in [-0.05, 0) is 29.3 Å². The van der Waals surface area contributed by atoms with Crippen LogP contribution in [-0.2, 0) is 13.1 Å². The van der Waals surface area contributed by atoms with E-state index >= 15 is 0 Å².